The lowest BCUT2D eigenvalue weighted by Crippen LogP contribution is -2.07. The highest BCUT2D eigenvalue weighted by molar-refractivity contribution is 5.79. The van der Waals surface area contributed by atoms with Gasteiger partial charge in [-0.1, -0.05) is 30.3 Å². The van der Waals surface area contributed by atoms with Crippen LogP contribution in [0.5, 0.6) is 11.5 Å². The van der Waals surface area contributed by atoms with Crippen LogP contribution in [0.2, 0.25) is 0 Å². The van der Waals surface area contributed by atoms with E-state index in [9.17, 15) is 4.79 Å². The normalized spacial score (nSPS) is 19.8. The monoisotopic (exact) mass is 500 g/mol. The van der Waals surface area contributed by atoms with Gasteiger partial charge in [0.15, 0.2) is 0 Å². The number of carboxylic acid groups (broad SMARTS) is 1. The first-order valence-electron chi connectivity index (χ1n) is 12.7. The minimum atomic E-state index is -0.847. The van der Waals surface area contributed by atoms with Crippen molar-refractivity contribution in [2.75, 3.05) is 19.8 Å². The van der Waals surface area contributed by atoms with Gasteiger partial charge in [0.1, 0.15) is 23.4 Å². The van der Waals surface area contributed by atoms with Gasteiger partial charge in [-0.05, 0) is 77.8 Å². The third kappa shape index (κ3) is 4.29. The van der Waals surface area contributed by atoms with Crippen molar-refractivity contribution in [3.8, 4) is 22.6 Å². The van der Waals surface area contributed by atoms with Crippen LogP contribution in [0.15, 0.2) is 48.5 Å². The zero-order valence-corrected chi connectivity index (χ0v) is 21.0. The van der Waals surface area contributed by atoms with E-state index < -0.39 is 12.1 Å². The van der Waals surface area contributed by atoms with E-state index in [1.54, 1.807) is 12.1 Å². The molecule has 0 bridgehead atoms. The Morgan fingerprint density at radius 2 is 1.95 bits per heavy atom. The molecule has 2 heterocycles. The van der Waals surface area contributed by atoms with Crippen LogP contribution >= 0.6 is 0 Å². The van der Waals surface area contributed by atoms with Gasteiger partial charge < -0.3 is 19.3 Å². The second-order valence-corrected chi connectivity index (χ2v) is 10.2. The quantitative estimate of drug-likeness (QED) is 0.416. The fourth-order valence-corrected chi connectivity index (χ4v) is 6.06. The smallest absolute Gasteiger partial charge is 0.304 e. The summed E-state index contributed by atoms with van der Waals surface area (Å²) >= 11 is 0. The fourth-order valence-electron chi connectivity index (χ4n) is 6.06. The Hall–Kier alpha value is -3.64. The maximum atomic E-state index is 15.2. The Morgan fingerprint density at radius 3 is 2.68 bits per heavy atom. The first kappa shape index (κ1) is 23.7. The number of benzene rings is 3. The van der Waals surface area contributed by atoms with Gasteiger partial charge in [0.2, 0.25) is 0 Å². The third-order valence-corrected chi connectivity index (χ3v) is 7.72. The maximum Gasteiger partial charge on any atom is 0.304 e. The van der Waals surface area contributed by atoms with E-state index in [2.05, 4.69) is 32.1 Å². The van der Waals surface area contributed by atoms with Gasteiger partial charge in [-0.15, -0.1) is 0 Å². The first-order valence-corrected chi connectivity index (χ1v) is 12.7. The molecule has 0 saturated carbocycles. The van der Waals surface area contributed by atoms with E-state index in [1.165, 1.54) is 11.1 Å². The number of ether oxygens (including phenoxy) is 3. The molecule has 6 rings (SSSR count). The molecule has 3 aromatic rings. The van der Waals surface area contributed by atoms with E-state index in [0.717, 1.165) is 39.8 Å². The van der Waals surface area contributed by atoms with E-state index >= 15 is 4.39 Å². The van der Waals surface area contributed by atoms with E-state index in [4.69, 9.17) is 19.3 Å². The number of carboxylic acids is 1. The van der Waals surface area contributed by atoms with Crippen LogP contribution in [0.1, 0.15) is 58.2 Å². The maximum absolute atomic E-state index is 15.2. The molecule has 37 heavy (non-hydrogen) atoms. The molecule has 0 saturated heterocycles. The van der Waals surface area contributed by atoms with Gasteiger partial charge in [-0.2, -0.15) is 0 Å². The average Bonchev–Trinajstić information content (AvgIpc) is 3.61. The Labute approximate surface area is 215 Å². The summed E-state index contributed by atoms with van der Waals surface area (Å²) in [7, 11) is 0. The molecule has 190 valence electrons. The molecule has 2 aliphatic heterocycles. The van der Waals surface area contributed by atoms with Crippen LogP contribution in [0.4, 0.5) is 4.39 Å². The van der Waals surface area contributed by atoms with Gasteiger partial charge >= 0.3 is 5.97 Å². The third-order valence-electron chi connectivity index (χ3n) is 7.72. The molecule has 0 spiro atoms. The molecule has 0 radical (unpaired) electrons. The second kappa shape index (κ2) is 9.34. The Morgan fingerprint density at radius 1 is 1.14 bits per heavy atom. The second-order valence-electron chi connectivity index (χ2n) is 10.2. The van der Waals surface area contributed by atoms with Crippen molar-refractivity contribution in [3.05, 3.63) is 87.7 Å². The van der Waals surface area contributed by atoms with Crippen LogP contribution in [0.25, 0.3) is 16.7 Å². The number of halogens is 1. The molecule has 3 aliphatic rings. The molecule has 0 aromatic heterocycles. The van der Waals surface area contributed by atoms with Crippen LogP contribution in [0, 0.1) is 19.7 Å². The Balaban J connectivity index is 1.30. The minimum Gasteiger partial charge on any atom is -0.492 e. The molecule has 1 aliphatic carbocycles. The minimum absolute atomic E-state index is 0.0301. The predicted octanol–water partition coefficient (Wildman–Crippen LogP) is 6.54. The Kier molecular flexibility index (Phi) is 6.00. The summed E-state index contributed by atoms with van der Waals surface area (Å²) in [5, 5.41) is 9.14. The van der Waals surface area contributed by atoms with Crippen molar-refractivity contribution < 1.29 is 28.5 Å². The summed E-state index contributed by atoms with van der Waals surface area (Å²) in [5.41, 5.74) is 9.43. The zero-order chi connectivity index (χ0) is 25.7. The molecule has 6 heteroatoms. The summed E-state index contributed by atoms with van der Waals surface area (Å²) in [5.74, 6) is -0.0173. The molecule has 0 fully saturated rings. The lowest BCUT2D eigenvalue weighted by Gasteiger charge is -2.19. The summed E-state index contributed by atoms with van der Waals surface area (Å²) in [6.07, 6.45) is 3.17. The number of carbonyl (C=O) groups is 1. The van der Waals surface area contributed by atoms with Gasteiger partial charge in [0, 0.05) is 23.1 Å². The van der Waals surface area contributed by atoms with E-state index in [-0.39, 0.29) is 18.2 Å². The van der Waals surface area contributed by atoms with Gasteiger partial charge in [0.05, 0.1) is 26.2 Å². The van der Waals surface area contributed by atoms with Crippen molar-refractivity contribution in [1.29, 1.82) is 0 Å². The average molecular weight is 501 g/mol. The molecule has 1 N–H and O–H groups in total. The zero-order valence-electron chi connectivity index (χ0n) is 21.0. The largest absolute Gasteiger partial charge is 0.492 e. The van der Waals surface area contributed by atoms with Gasteiger partial charge in [0.25, 0.3) is 0 Å². The molecule has 5 nitrogen and oxygen atoms in total. The van der Waals surface area contributed by atoms with Crippen LogP contribution < -0.4 is 9.47 Å². The molecular formula is C31H29FO5. The van der Waals surface area contributed by atoms with Gasteiger partial charge in [-0.25, -0.2) is 4.39 Å². The highest BCUT2D eigenvalue weighted by Crippen LogP contribution is 2.45. The summed E-state index contributed by atoms with van der Waals surface area (Å²) in [6, 6.07) is 13.3. The lowest BCUT2D eigenvalue weighted by atomic mass is 9.88. The molecule has 2 atom stereocenters. The number of hydrogen-bond acceptors (Lipinski definition) is 4. The van der Waals surface area contributed by atoms with Gasteiger partial charge in [-0.3, -0.25) is 4.79 Å². The molecule has 3 aromatic carbocycles. The van der Waals surface area contributed by atoms with Crippen LogP contribution in [-0.4, -0.2) is 30.9 Å². The first-order chi connectivity index (χ1) is 17.9. The van der Waals surface area contributed by atoms with Crippen LogP contribution in [0.3, 0.4) is 0 Å². The summed E-state index contributed by atoms with van der Waals surface area (Å²) < 4.78 is 32.8. The lowest BCUT2D eigenvalue weighted by molar-refractivity contribution is -0.137. The summed E-state index contributed by atoms with van der Waals surface area (Å²) in [4.78, 5) is 11.1. The number of aryl methyl sites for hydroxylation is 2. The molecule has 1 unspecified atom stereocenters. The highest BCUT2D eigenvalue weighted by atomic mass is 19.1. The van der Waals surface area contributed by atoms with Crippen molar-refractivity contribution >= 4 is 11.5 Å². The fraction of sp³-hybridized carbons (Fsp3) is 0.323. The number of hydrogen-bond donors (Lipinski definition) is 1. The van der Waals surface area contributed by atoms with Crippen molar-refractivity contribution in [3.63, 3.8) is 0 Å². The highest BCUT2D eigenvalue weighted by Gasteiger charge is 2.32. The Bertz CT molecular complexity index is 1420. The topological polar surface area (TPSA) is 65.0 Å². The molecule has 0 amide bonds. The van der Waals surface area contributed by atoms with E-state index in [1.807, 2.05) is 18.2 Å². The van der Waals surface area contributed by atoms with Crippen molar-refractivity contribution in [1.82, 2.24) is 0 Å². The summed E-state index contributed by atoms with van der Waals surface area (Å²) in [6.45, 7) is 5.86. The number of fused-ring (bicyclic) bond motifs is 2. The van der Waals surface area contributed by atoms with Crippen molar-refractivity contribution in [2.24, 2.45) is 0 Å². The number of aliphatic carboxylic acids is 1. The molecular weight excluding hydrogens is 471 g/mol. The van der Waals surface area contributed by atoms with Crippen LogP contribution in [-0.2, 0) is 16.0 Å². The number of rotatable bonds is 6. The van der Waals surface area contributed by atoms with E-state index in [0.29, 0.717) is 43.3 Å². The standard InChI is InChI=1S/C31H29FO5/c1-17-11-20(19-9-10-35-15-19)12-18(2)30(17)24-5-7-26(32)31-25(24)6-8-27(31)37-22-3-4-23-21(13-29(33)34)16-36-28(23)14-22/h3-5,7,9,11-12,14,21,27H,6,8,10,13,15-16H2,1-2H3,(H,33,34)/t21-,27?/m1/s1. The predicted molar refractivity (Wildman–Crippen MR) is 139 cm³/mol. The van der Waals surface area contributed by atoms with Crippen molar-refractivity contribution in [2.45, 2.75) is 45.1 Å². The SMILES string of the molecule is Cc1cc(C2=CCOC2)cc(C)c1-c1ccc(F)c2c1CCC2Oc1ccc2c(c1)OC[C@H]2CC(=O)O.